The second-order valence-electron chi connectivity index (χ2n) is 4.78. The van der Waals surface area contributed by atoms with E-state index in [1.54, 1.807) is 11.3 Å². The van der Waals surface area contributed by atoms with Crippen LogP contribution in [0.1, 0.15) is 38.0 Å². The largest absolute Gasteiger partial charge is 0.481 e. The summed E-state index contributed by atoms with van der Waals surface area (Å²) in [5.41, 5.74) is -0.934. The van der Waals surface area contributed by atoms with Crippen molar-refractivity contribution in [3.8, 4) is 0 Å². The number of aliphatic carboxylic acids is 1. The predicted molar refractivity (Wildman–Crippen MR) is 84.0 cm³/mol. The highest BCUT2D eigenvalue weighted by Crippen LogP contribution is 2.30. The molecule has 1 amide bonds. The number of hydrogen-bond acceptors (Lipinski definition) is 3. The maximum absolute atomic E-state index is 11.9. The van der Waals surface area contributed by atoms with E-state index < -0.39 is 11.4 Å². The highest BCUT2D eigenvalue weighted by atomic mass is 79.9. The number of amides is 1. The number of thiophene rings is 1. The van der Waals surface area contributed by atoms with Crippen LogP contribution in [0.4, 0.5) is 0 Å². The molecule has 0 fully saturated rings. The third kappa shape index (κ3) is 4.59. The summed E-state index contributed by atoms with van der Waals surface area (Å²) in [6.45, 7) is 4.16. The van der Waals surface area contributed by atoms with E-state index in [4.69, 9.17) is 0 Å². The van der Waals surface area contributed by atoms with Crippen LogP contribution in [0, 0.1) is 5.41 Å². The molecule has 0 aliphatic heterocycles. The summed E-state index contributed by atoms with van der Waals surface area (Å²) < 4.78 is 1.07. The molecule has 0 atom stereocenters. The first-order chi connectivity index (χ1) is 9.43. The van der Waals surface area contributed by atoms with Crippen molar-refractivity contribution in [2.24, 2.45) is 5.41 Å². The monoisotopic (exact) mass is 361 g/mol. The zero-order chi connectivity index (χ0) is 15.2. The van der Waals surface area contributed by atoms with Gasteiger partial charge in [0.15, 0.2) is 0 Å². The Hall–Kier alpha value is -0.880. The lowest BCUT2D eigenvalue weighted by atomic mass is 9.79. The van der Waals surface area contributed by atoms with Gasteiger partial charge in [-0.3, -0.25) is 9.59 Å². The van der Waals surface area contributed by atoms with Crippen LogP contribution in [0.25, 0.3) is 0 Å². The molecule has 1 heterocycles. The minimum absolute atomic E-state index is 0.0451. The first kappa shape index (κ1) is 17.2. The van der Waals surface area contributed by atoms with E-state index in [0.29, 0.717) is 19.4 Å². The molecule has 0 aliphatic rings. The highest BCUT2D eigenvalue weighted by molar-refractivity contribution is 9.11. The van der Waals surface area contributed by atoms with Gasteiger partial charge in [0.05, 0.1) is 9.20 Å². The Morgan fingerprint density at radius 1 is 1.35 bits per heavy atom. The third-order valence-corrected chi connectivity index (χ3v) is 5.31. The molecule has 0 unspecified atom stereocenters. The molecule has 4 nitrogen and oxygen atoms in total. The summed E-state index contributed by atoms with van der Waals surface area (Å²) in [7, 11) is 0. The minimum Gasteiger partial charge on any atom is -0.481 e. The molecule has 0 saturated carbocycles. The fourth-order valence-electron chi connectivity index (χ4n) is 2.06. The number of rotatable bonds is 8. The number of halogens is 1. The molecule has 1 aromatic rings. The molecule has 0 radical (unpaired) electrons. The quantitative estimate of drug-likeness (QED) is 0.744. The molecular formula is C14H20BrNO3S. The number of carbonyl (C=O) groups is 2. The third-order valence-electron chi connectivity index (χ3n) is 3.63. The fraction of sp³-hybridized carbons (Fsp3) is 0.571. The average molecular weight is 362 g/mol. The first-order valence-electron chi connectivity index (χ1n) is 6.68. The number of carbonyl (C=O) groups excluding carboxylic acids is 1. The Labute approximate surface area is 131 Å². The van der Waals surface area contributed by atoms with E-state index in [0.717, 1.165) is 10.2 Å². The van der Waals surface area contributed by atoms with Crippen molar-refractivity contribution in [3.63, 3.8) is 0 Å². The summed E-state index contributed by atoms with van der Waals surface area (Å²) in [6, 6.07) is 3.99. The molecule has 2 N–H and O–H groups in total. The Morgan fingerprint density at radius 2 is 2.00 bits per heavy atom. The molecule has 1 rings (SSSR count). The summed E-state index contributed by atoms with van der Waals surface area (Å²) in [5, 5.41) is 12.1. The van der Waals surface area contributed by atoms with Gasteiger partial charge >= 0.3 is 5.97 Å². The van der Waals surface area contributed by atoms with Gasteiger partial charge in [0.2, 0.25) is 5.91 Å². The number of carboxylic acids is 1. The predicted octanol–water partition coefficient (Wildman–Crippen LogP) is 3.45. The molecular weight excluding hydrogens is 342 g/mol. The van der Waals surface area contributed by atoms with Crippen LogP contribution < -0.4 is 5.32 Å². The summed E-state index contributed by atoms with van der Waals surface area (Å²) >= 11 is 5.03. The van der Waals surface area contributed by atoms with E-state index in [-0.39, 0.29) is 12.3 Å². The summed E-state index contributed by atoms with van der Waals surface area (Å²) in [6.07, 6.45) is 1.73. The molecule has 112 valence electrons. The van der Waals surface area contributed by atoms with Gasteiger partial charge in [-0.1, -0.05) is 13.8 Å². The lowest BCUT2D eigenvalue weighted by Gasteiger charge is -2.25. The fourth-order valence-corrected chi connectivity index (χ4v) is 3.54. The van der Waals surface area contributed by atoms with Gasteiger partial charge in [0, 0.05) is 17.8 Å². The minimum atomic E-state index is -0.934. The second-order valence-corrected chi connectivity index (χ2v) is 7.32. The lowest BCUT2D eigenvalue weighted by molar-refractivity contribution is -0.152. The van der Waals surface area contributed by atoms with Gasteiger partial charge in [-0.2, -0.15) is 0 Å². The normalized spacial score (nSPS) is 11.3. The maximum Gasteiger partial charge on any atom is 0.310 e. The summed E-state index contributed by atoms with van der Waals surface area (Å²) in [4.78, 5) is 24.4. The van der Waals surface area contributed by atoms with Crippen LogP contribution in [0.2, 0.25) is 0 Å². The molecule has 0 aromatic carbocycles. The van der Waals surface area contributed by atoms with Crippen LogP contribution >= 0.6 is 27.3 Å². The van der Waals surface area contributed by atoms with E-state index in [9.17, 15) is 14.7 Å². The highest BCUT2D eigenvalue weighted by Gasteiger charge is 2.36. The molecule has 20 heavy (non-hydrogen) atoms. The Balaban J connectivity index is 2.44. The van der Waals surface area contributed by atoms with Crippen molar-refractivity contribution in [2.45, 2.75) is 39.5 Å². The van der Waals surface area contributed by atoms with E-state index in [1.807, 2.05) is 26.0 Å². The SMILES string of the molecule is CCC(CC)(CC(=O)NCCc1ccc(Br)s1)C(=O)O. The average Bonchev–Trinajstić information content (AvgIpc) is 2.81. The first-order valence-corrected chi connectivity index (χ1v) is 8.28. The Morgan fingerprint density at radius 3 is 2.45 bits per heavy atom. The Bertz CT molecular complexity index is 469. The standard InChI is InChI=1S/C14H20BrNO3S/c1-3-14(4-2,13(18)19)9-12(17)16-8-7-10-5-6-11(15)20-10/h5-6H,3-4,7-9H2,1-2H3,(H,16,17)(H,18,19). The van der Waals surface area contributed by atoms with E-state index in [1.165, 1.54) is 4.88 Å². The van der Waals surface area contributed by atoms with E-state index in [2.05, 4.69) is 21.2 Å². The smallest absolute Gasteiger partial charge is 0.310 e. The number of hydrogen-bond donors (Lipinski definition) is 2. The molecule has 0 bridgehead atoms. The van der Waals surface area contributed by atoms with Crippen LogP contribution in [0.15, 0.2) is 15.9 Å². The van der Waals surface area contributed by atoms with Gasteiger partial charge in [-0.05, 0) is 47.3 Å². The molecule has 6 heteroatoms. The summed E-state index contributed by atoms with van der Waals surface area (Å²) in [5.74, 6) is -1.08. The van der Waals surface area contributed by atoms with Crippen molar-refractivity contribution < 1.29 is 14.7 Å². The van der Waals surface area contributed by atoms with E-state index >= 15 is 0 Å². The second kappa shape index (κ2) is 7.78. The van der Waals surface area contributed by atoms with Gasteiger partial charge in [-0.15, -0.1) is 11.3 Å². The molecule has 0 saturated heterocycles. The van der Waals surface area contributed by atoms with Gasteiger partial charge in [-0.25, -0.2) is 0 Å². The zero-order valence-electron chi connectivity index (χ0n) is 11.7. The molecule has 0 spiro atoms. The zero-order valence-corrected chi connectivity index (χ0v) is 14.1. The lowest BCUT2D eigenvalue weighted by Crippen LogP contribution is -2.37. The van der Waals surface area contributed by atoms with Crippen molar-refractivity contribution >= 4 is 39.1 Å². The van der Waals surface area contributed by atoms with Crippen LogP contribution in [0.5, 0.6) is 0 Å². The van der Waals surface area contributed by atoms with Crippen molar-refractivity contribution in [2.75, 3.05) is 6.54 Å². The van der Waals surface area contributed by atoms with Crippen molar-refractivity contribution in [1.82, 2.24) is 5.32 Å². The van der Waals surface area contributed by atoms with Crippen LogP contribution in [0.3, 0.4) is 0 Å². The number of carboxylic acid groups (broad SMARTS) is 1. The van der Waals surface area contributed by atoms with Gasteiger partial charge in [0.1, 0.15) is 0 Å². The Kier molecular flexibility index (Phi) is 6.68. The maximum atomic E-state index is 11.9. The topological polar surface area (TPSA) is 66.4 Å². The van der Waals surface area contributed by atoms with Gasteiger partial charge < -0.3 is 10.4 Å². The van der Waals surface area contributed by atoms with Crippen LogP contribution in [-0.4, -0.2) is 23.5 Å². The van der Waals surface area contributed by atoms with Crippen LogP contribution in [-0.2, 0) is 16.0 Å². The van der Waals surface area contributed by atoms with Gasteiger partial charge in [0.25, 0.3) is 0 Å². The van der Waals surface area contributed by atoms with Crippen molar-refractivity contribution in [1.29, 1.82) is 0 Å². The van der Waals surface area contributed by atoms with Crippen molar-refractivity contribution in [3.05, 3.63) is 20.8 Å². The molecule has 1 aromatic heterocycles. The number of nitrogens with one attached hydrogen (secondary N) is 1. The molecule has 0 aliphatic carbocycles.